The highest BCUT2D eigenvalue weighted by atomic mass is 19.4. The fourth-order valence-electron chi connectivity index (χ4n) is 2.86. The lowest BCUT2D eigenvalue weighted by Crippen LogP contribution is -2.38. The second-order valence-electron chi connectivity index (χ2n) is 5.58. The normalized spacial score (nSPS) is 19.5. The largest absolute Gasteiger partial charge is 0.433 e. The third kappa shape index (κ3) is 3.39. The molecule has 23 heavy (non-hydrogen) atoms. The Kier molecular flexibility index (Phi) is 4.38. The van der Waals surface area contributed by atoms with E-state index < -0.39 is 11.9 Å². The molecule has 0 saturated carbocycles. The molecule has 0 amide bonds. The van der Waals surface area contributed by atoms with Crippen LogP contribution < -0.4 is 4.90 Å². The number of hydrogen-bond donors (Lipinski definition) is 0. The quantitative estimate of drug-likeness (QED) is 0.862. The van der Waals surface area contributed by atoms with Gasteiger partial charge in [0, 0.05) is 25.8 Å². The van der Waals surface area contributed by atoms with Crippen molar-refractivity contribution in [3.8, 4) is 0 Å². The molecule has 1 unspecified atom stereocenters. The summed E-state index contributed by atoms with van der Waals surface area (Å²) in [7, 11) is 0. The van der Waals surface area contributed by atoms with Crippen molar-refractivity contribution in [3.05, 3.63) is 18.1 Å². The zero-order valence-electron chi connectivity index (χ0n) is 12.8. The van der Waals surface area contributed by atoms with Crippen LogP contribution in [0.25, 0.3) is 5.78 Å². The van der Waals surface area contributed by atoms with Gasteiger partial charge in [-0.05, 0) is 25.7 Å². The molecule has 0 N–H and O–H groups in total. The molecule has 0 aliphatic carbocycles. The summed E-state index contributed by atoms with van der Waals surface area (Å²) in [5.74, 6) is 0.632. The molecule has 1 atom stereocenters. The third-order valence-corrected chi connectivity index (χ3v) is 3.92. The van der Waals surface area contributed by atoms with E-state index in [1.54, 1.807) is 0 Å². The van der Waals surface area contributed by atoms with Gasteiger partial charge in [0.2, 0.25) is 0 Å². The van der Waals surface area contributed by atoms with Crippen LogP contribution in [0.4, 0.5) is 19.0 Å². The van der Waals surface area contributed by atoms with E-state index in [9.17, 15) is 13.2 Å². The van der Waals surface area contributed by atoms with Crippen LogP contribution in [0.3, 0.4) is 0 Å². The van der Waals surface area contributed by atoms with Gasteiger partial charge >= 0.3 is 6.18 Å². The Morgan fingerprint density at radius 1 is 1.39 bits per heavy atom. The molecule has 9 heteroatoms. The summed E-state index contributed by atoms with van der Waals surface area (Å²) in [6, 6.07) is 1.05. The average molecular weight is 329 g/mol. The fraction of sp³-hybridized carbons (Fsp3) is 0.643. The number of nitrogens with zero attached hydrogens (tertiary/aromatic N) is 5. The van der Waals surface area contributed by atoms with Gasteiger partial charge in [-0.2, -0.15) is 27.8 Å². The molecular weight excluding hydrogens is 311 g/mol. The van der Waals surface area contributed by atoms with Crippen LogP contribution in [0.1, 0.15) is 25.5 Å². The summed E-state index contributed by atoms with van der Waals surface area (Å²) >= 11 is 0. The van der Waals surface area contributed by atoms with Crippen molar-refractivity contribution >= 4 is 11.6 Å². The monoisotopic (exact) mass is 329 g/mol. The van der Waals surface area contributed by atoms with Crippen molar-refractivity contribution < 1.29 is 17.9 Å². The Morgan fingerprint density at radius 2 is 2.22 bits per heavy atom. The average Bonchev–Trinajstić information content (AvgIpc) is 3.00. The summed E-state index contributed by atoms with van der Waals surface area (Å²) in [6.45, 7) is 4.50. The molecule has 126 valence electrons. The lowest BCUT2D eigenvalue weighted by Gasteiger charge is -2.34. The molecule has 0 bridgehead atoms. The van der Waals surface area contributed by atoms with E-state index in [0.717, 1.165) is 18.9 Å². The summed E-state index contributed by atoms with van der Waals surface area (Å²) in [5, 5.41) is 4.01. The Bertz CT molecular complexity index is 672. The predicted molar refractivity (Wildman–Crippen MR) is 77.2 cm³/mol. The molecule has 2 aromatic rings. The number of fused-ring (bicyclic) bond motifs is 1. The Morgan fingerprint density at radius 3 is 2.96 bits per heavy atom. The second-order valence-corrected chi connectivity index (χ2v) is 5.58. The minimum absolute atomic E-state index is 0.0400. The van der Waals surface area contributed by atoms with Gasteiger partial charge in [-0.3, -0.25) is 0 Å². The van der Waals surface area contributed by atoms with Crippen molar-refractivity contribution in [3.63, 3.8) is 0 Å². The van der Waals surface area contributed by atoms with Crippen LogP contribution in [-0.4, -0.2) is 45.9 Å². The van der Waals surface area contributed by atoms with Crippen LogP contribution in [0.2, 0.25) is 0 Å². The van der Waals surface area contributed by atoms with Crippen LogP contribution in [0.5, 0.6) is 0 Å². The van der Waals surface area contributed by atoms with E-state index in [4.69, 9.17) is 4.74 Å². The first-order valence-electron chi connectivity index (χ1n) is 7.59. The maximum atomic E-state index is 13.1. The number of rotatable bonds is 4. The van der Waals surface area contributed by atoms with Crippen molar-refractivity contribution in [2.75, 3.05) is 31.2 Å². The van der Waals surface area contributed by atoms with E-state index >= 15 is 0 Å². The SMILES string of the molecule is CCOCC1CCCN(c2cc(C(F)(F)F)nc3ncnn23)C1. The molecule has 3 rings (SSSR count). The standard InChI is InChI=1S/C14H18F3N5O/c1-2-23-8-10-4-3-5-21(7-10)12-6-11(14(15,16)17)20-13-18-9-19-22(12)13/h6,9-10H,2-5,7-8H2,1H3. The van der Waals surface area contributed by atoms with Gasteiger partial charge in [0.05, 0.1) is 6.61 Å². The second kappa shape index (κ2) is 6.31. The highest BCUT2D eigenvalue weighted by Crippen LogP contribution is 2.31. The van der Waals surface area contributed by atoms with Crippen molar-refractivity contribution in [2.45, 2.75) is 25.9 Å². The van der Waals surface area contributed by atoms with Gasteiger partial charge in [-0.15, -0.1) is 0 Å². The minimum Gasteiger partial charge on any atom is -0.381 e. The topological polar surface area (TPSA) is 55.5 Å². The van der Waals surface area contributed by atoms with Crippen molar-refractivity contribution in [1.82, 2.24) is 19.6 Å². The predicted octanol–water partition coefficient (Wildman–Crippen LogP) is 2.40. The molecule has 1 saturated heterocycles. The Balaban J connectivity index is 1.93. The first-order valence-corrected chi connectivity index (χ1v) is 7.59. The maximum Gasteiger partial charge on any atom is 0.433 e. The van der Waals surface area contributed by atoms with Crippen LogP contribution >= 0.6 is 0 Å². The van der Waals surface area contributed by atoms with Crippen LogP contribution in [-0.2, 0) is 10.9 Å². The van der Waals surface area contributed by atoms with Gasteiger partial charge in [-0.1, -0.05) is 0 Å². The van der Waals surface area contributed by atoms with Gasteiger partial charge in [0.25, 0.3) is 5.78 Å². The van der Waals surface area contributed by atoms with Gasteiger partial charge in [0.15, 0.2) is 5.69 Å². The minimum atomic E-state index is -4.51. The van der Waals surface area contributed by atoms with Gasteiger partial charge in [0.1, 0.15) is 12.1 Å². The van der Waals surface area contributed by atoms with E-state index in [2.05, 4.69) is 15.1 Å². The summed E-state index contributed by atoms with van der Waals surface area (Å²) in [5.41, 5.74) is -0.945. The van der Waals surface area contributed by atoms with Crippen molar-refractivity contribution in [2.24, 2.45) is 5.92 Å². The molecule has 3 heterocycles. The molecule has 0 spiro atoms. The maximum absolute atomic E-state index is 13.1. The lowest BCUT2D eigenvalue weighted by molar-refractivity contribution is -0.141. The number of halogens is 3. The first-order chi connectivity index (χ1) is 11.0. The highest BCUT2D eigenvalue weighted by molar-refractivity contribution is 5.48. The van der Waals surface area contributed by atoms with Crippen molar-refractivity contribution in [1.29, 1.82) is 0 Å². The molecule has 1 aliphatic rings. The zero-order chi connectivity index (χ0) is 16.4. The summed E-state index contributed by atoms with van der Waals surface area (Å²) in [6.07, 6.45) is -1.39. The van der Waals surface area contributed by atoms with Gasteiger partial charge in [-0.25, -0.2) is 4.98 Å². The summed E-state index contributed by atoms with van der Waals surface area (Å²) in [4.78, 5) is 9.26. The Hall–Kier alpha value is -1.90. The van der Waals surface area contributed by atoms with Crippen LogP contribution in [0.15, 0.2) is 12.4 Å². The molecule has 0 radical (unpaired) electrons. The summed E-state index contributed by atoms with van der Waals surface area (Å²) < 4.78 is 46.0. The molecule has 1 aliphatic heterocycles. The highest BCUT2D eigenvalue weighted by Gasteiger charge is 2.35. The molecule has 0 aromatic carbocycles. The molecule has 6 nitrogen and oxygen atoms in total. The molecular formula is C14H18F3N5O. The van der Waals surface area contributed by atoms with E-state index in [-0.39, 0.29) is 5.78 Å². The molecule has 1 fully saturated rings. The molecule has 2 aromatic heterocycles. The van der Waals surface area contributed by atoms with Crippen LogP contribution in [0, 0.1) is 5.92 Å². The first kappa shape index (κ1) is 16.0. The number of aromatic nitrogens is 4. The number of anilines is 1. The van der Waals surface area contributed by atoms with Gasteiger partial charge < -0.3 is 9.64 Å². The van der Waals surface area contributed by atoms with E-state index in [0.29, 0.717) is 38.0 Å². The lowest BCUT2D eigenvalue weighted by atomic mass is 9.99. The third-order valence-electron chi connectivity index (χ3n) is 3.92. The number of hydrogen-bond acceptors (Lipinski definition) is 5. The fourth-order valence-corrected chi connectivity index (χ4v) is 2.86. The Labute approximate surface area is 131 Å². The number of alkyl halides is 3. The number of piperidine rings is 1. The zero-order valence-corrected chi connectivity index (χ0v) is 12.8. The van der Waals surface area contributed by atoms with E-state index in [1.165, 1.54) is 10.8 Å². The number of ether oxygens (including phenoxy) is 1. The smallest absolute Gasteiger partial charge is 0.381 e. The van der Waals surface area contributed by atoms with E-state index in [1.807, 2.05) is 11.8 Å².